The second-order valence-corrected chi connectivity index (χ2v) is 8.84. The Balaban J connectivity index is 1.44. The summed E-state index contributed by atoms with van der Waals surface area (Å²) in [6.45, 7) is 6.27. The summed E-state index contributed by atoms with van der Waals surface area (Å²) < 4.78 is 18.8. The van der Waals surface area contributed by atoms with Gasteiger partial charge in [0.25, 0.3) is 6.01 Å². The van der Waals surface area contributed by atoms with Crippen molar-refractivity contribution >= 4 is 23.1 Å². The number of unbranched alkanes of at least 4 members (excludes halogenated alkanes) is 1. The number of carbonyl (C=O) groups is 1. The molecule has 1 atom stereocenters. The van der Waals surface area contributed by atoms with Crippen LogP contribution in [0.4, 0.5) is 10.6 Å². The molecule has 1 fully saturated rings. The molecule has 2 aromatic heterocycles. The minimum atomic E-state index is -0.278. The number of hydrogen-bond donors (Lipinski definition) is 1. The predicted octanol–water partition coefficient (Wildman–Crippen LogP) is 4.21. The number of likely N-dealkylation sites (tertiary alicyclic amines) is 1. The van der Waals surface area contributed by atoms with Crippen LogP contribution in [0.1, 0.15) is 51.1 Å². The fourth-order valence-corrected chi connectivity index (χ4v) is 4.42. The third-order valence-corrected chi connectivity index (χ3v) is 6.52. The number of rotatable bonds is 9. The third kappa shape index (κ3) is 5.58. The molecule has 1 aliphatic heterocycles. The summed E-state index contributed by atoms with van der Waals surface area (Å²) in [5, 5.41) is 0. The average molecular weight is 483 g/mol. The molecule has 0 aliphatic carbocycles. The van der Waals surface area contributed by atoms with Gasteiger partial charge < -0.3 is 24.8 Å². The Morgan fingerprint density at radius 2 is 1.91 bits per heavy atom. The van der Waals surface area contributed by atoms with Gasteiger partial charge in [0.05, 0.1) is 13.7 Å². The van der Waals surface area contributed by atoms with Gasteiger partial charge in [-0.05, 0) is 37.7 Å². The van der Waals surface area contributed by atoms with E-state index in [1.807, 2.05) is 34.9 Å². The van der Waals surface area contributed by atoms with Gasteiger partial charge in [-0.25, -0.2) is 4.79 Å². The molecule has 1 aliphatic rings. The van der Waals surface area contributed by atoms with Crippen molar-refractivity contribution in [2.75, 3.05) is 32.5 Å². The summed E-state index contributed by atoms with van der Waals surface area (Å²) in [5.41, 5.74) is 8.25. The van der Waals surface area contributed by atoms with Crippen molar-refractivity contribution in [3.05, 3.63) is 35.9 Å². The number of nitrogens with zero attached hydrogens (tertiary/aromatic N) is 5. The molecule has 188 valence electrons. The lowest BCUT2D eigenvalue weighted by atomic mass is 9.90. The van der Waals surface area contributed by atoms with Gasteiger partial charge in [0, 0.05) is 19.1 Å². The first kappa shape index (κ1) is 24.6. The molecule has 4 rings (SSSR count). The van der Waals surface area contributed by atoms with Gasteiger partial charge in [0.1, 0.15) is 6.61 Å². The van der Waals surface area contributed by atoms with Crippen LogP contribution >= 0.6 is 0 Å². The molecule has 3 heterocycles. The molecular formula is C25H34N6O4. The smallest absolute Gasteiger partial charge is 0.410 e. The molecule has 10 nitrogen and oxygen atoms in total. The zero-order valence-corrected chi connectivity index (χ0v) is 20.6. The lowest BCUT2D eigenvalue weighted by molar-refractivity contribution is 0.0769. The molecule has 1 saturated heterocycles. The van der Waals surface area contributed by atoms with Crippen molar-refractivity contribution in [2.45, 2.75) is 52.2 Å². The van der Waals surface area contributed by atoms with E-state index in [0.29, 0.717) is 42.8 Å². The average Bonchev–Trinajstić information content (AvgIpc) is 3.27. The van der Waals surface area contributed by atoms with E-state index >= 15 is 0 Å². The van der Waals surface area contributed by atoms with E-state index < -0.39 is 0 Å². The second-order valence-electron chi connectivity index (χ2n) is 8.84. The van der Waals surface area contributed by atoms with Gasteiger partial charge in [-0.2, -0.15) is 15.0 Å². The molecule has 1 unspecified atom stereocenters. The van der Waals surface area contributed by atoms with Gasteiger partial charge in [0.2, 0.25) is 0 Å². The molecule has 1 aromatic carbocycles. The van der Waals surface area contributed by atoms with Crippen LogP contribution in [0.25, 0.3) is 11.2 Å². The Hall–Kier alpha value is -3.56. The van der Waals surface area contributed by atoms with E-state index in [2.05, 4.69) is 28.8 Å². The van der Waals surface area contributed by atoms with Crippen molar-refractivity contribution in [1.82, 2.24) is 24.4 Å². The lowest BCUT2D eigenvalue weighted by Gasteiger charge is -2.35. The Labute approximate surface area is 205 Å². The molecule has 10 heteroatoms. The van der Waals surface area contributed by atoms with Crippen molar-refractivity contribution in [3.8, 4) is 12.0 Å². The van der Waals surface area contributed by atoms with Crippen LogP contribution in [-0.4, -0.2) is 57.3 Å². The fourth-order valence-electron chi connectivity index (χ4n) is 4.42. The highest BCUT2D eigenvalue weighted by molar-refractivity contribution is 5.83. The number of hydrogen-bond acceptors (Lipinski definition) is 8. The summed E-state index contributed by atoms with van der Waals surface area (Å²) >= 11 is 0. The quantitative estimate of drug-likeness (QED) is 0.451. The molecular weight excluding hydrogens is 448 g/mol. The topological polar surface area (TPSA) is 118 Å². The Kier molecular flexibility index (Phi) is 7.89. The minimum absolute atomic E-state index is 0.0234. The maximum absolute atomic E-state index is 12.6. The first-order valence-corrected chi connectivity index (χ1v) is 12.2. The zero-order valence-electron chi connectivity index (χ0n) is 20.6. The number of nitrogens with two attached hydrogens (primary N) is 1. The summed E-state index contributed by atoms with van der Waals surface area (Å²) in [6.07, 6.45) is 3.29. The normalized spacial score (nSPS) is 15.2. The fraction of sp³-hybridized carbons (Fsp3) is 0.520. The molecule has 3 aromatic rings. The summed E-state index contributed by atoms with van der Waals surface area (Å²) in [5.74, 6) is 0.557. The van der Waals surface area contributed by atoms with Gasteiger partial charge in [-0.15, -0.1) is 0 Å². The van der Waals surface area contributed by atoms with Crippen LogP contribution in [0.5, 0.6) is 12.0 Å². The molecule has 0 radical (unpaired) electrons. The van der Waals surface area contributed by atoms with Crippen LogP contribution in [-0.2, 0) is 11.3 Å². The van der Waals surface area contributed by atoms with E-state index in [9.17, 15) is 4.79 Å². The number of nitrogen functional groups attached to an aromatic ring is 1. The standard InChI is InChI=1S/C25H34N6O4/c1-4-5-15-34-23-28-21(26)20-22(29-23)31(24(27-20)33-3)17(2)19-11-13-30(14-12-19)25(32)35-16-18-9-7-6-8-10-18/h6-10,17,19H,4-5,11-16H2,1-3H3,(H2,26,28,29). The largest absolute Gasteiger partial charge is 0.468 e. The number of anilines is 1. The minimum Gasteiger partial charge on any atom is -0.468 e. The number of benzene rings is 1. The highest BCUT2D eigenvalue weighted by Gasteiger charge is 2.31. The number of fused-ring (bicyclic) bond motifs is 1. The molecule has 2 N–H and O–H groups in total. The molecule has 0 spiro atoms. The van der Waals surface area contributed by atoms with E-state index in [4.69, 9.17) is 19.9 Å². The van der Waals surface area contributed by atoms with Crippen LogP contribution in [0.15, 0.2) is 30.3 Å². The maximum Gasteiger partial charge on any atom is 0.410 e. The SMILES string of the molecule is CCCCOc1nc(N)c2nc(OC)n(C(C)C3CCN(C(=O)OCc4ccccc4)CC3)c2n1. The number of aromatic nitrogens is 4. The van der Waals surface area contributed by atoms with E-state index in [1.54, 1.807) is 12.0 Å². The Bertz CT molecular complexity index is 1130. The van der Waals surface area contributed by atoms with E-state index in [-0.39, 0.29) is 30.6 Å². The lowest BCUT2D eigenvalue weighted by Crippen LogP contribution is -2.40. The second kappa shape index (κ2) is 11.2. The Morgan fingerprint density at radius 1 is 1.17 bits per heavy atom. The number of piperidine rings is 1. The molecule has 35 heavy (non-hydrogen) atoms. The third-order valence-electron chi connectivity index (χ3n) is 6.52. The maximum atomic E-state index is 12.6. The molecule has 1 amide bonds. The van der Waals surface area contributed by atoms with E-state index in [0.717, 1.165) is 31.2 Å². The number of carbonyl (C=O) groups excluding carboxylic acids is 1. The van der Waals surface area contributed by atoms with Crippen LogP contribution in [0.3, 0.4) is 0 Å². The number of methoxy groups -OCH3 is 1. The predicted molar refractivity (Wildman–Crippen MR) is 132 cm³/mol. The van der Waals surface area contributed by atoms with Crippen LogP contribution in [0.2, 0.25) is 0 Å². The number of imidazole rings is 1. The Morgan fingerprint density at radius 3 is 2.60 bits per heavy atom. The summed E-state index contributed by atoms with van der Waals surface area (Å²) in [4.78, 5) is 27.7. The van der Waals surface area contributed by atoms with Crippen molar-refractivity contribution < 1.29 is 19.0 Å². The molecule has 0 saturated carbocycles. The monoisotopic (exact) mass is 482 g/mol. The van der Waals surface area contributed by atoms with Gasteiger partial charge in [-0.1, -0.05) is 43.7 Å². The highest BCUT2D eigenvalue weighted by Crippen LogP contribution is 2.35. The van der Waals surface area contributed by atoms with Crippen molar-refractivity contribution in [3.63, 3.8) is 0 Å². The van der Waals surface area contributed by atoms with E-state index in [1.165, 1.54) is 0 Å². The number of amides is 1. The van der Waals surface area contributed by atoms with Crippen molar-refractivity contribution in [1.29, 1.82) is 0 Å². The van der Waals surface area contributed by atoms with Crippen LogP contribution < -0.4 is 15.2 Å². The van der Waals surface area contributed by atoms with Gasteiger partial charge >= 0.3 is 12.1 Å². The summed E-state index contributed by atoms with van der Waals surface area (Å²) in [7, 11) is 1.58. The van der Waals surface area contributed by atoms with Crippen LogP contribution in [0, 0.1) is 5.92 Å². The number of ether oxygens (including phenoxy) is 3. The summed E-state index contributed by atoms with van der Waals surface area (Å²) in [6, 6.07) is 10.4. The van der Waals surface area contributed by atoms with Gasteiger partial charge in [0.15, 0.2) is 17.0 Å². The van der Waals surface area contributed by atoms with Gasteiger partial charge in [-0.3, -0.25) is 4.57 Å². The molecule has 0 bridgehead atoms. The first-order chi connectivity index (χ1) is 17.0. The zero-order chi connectivity index (χ0) is 24.8. The first-order valence-electron chi connectivity index (χ1n) is 12.2. The van der Waals surface area contributed by atoms with Crippen molar-refractivity contribution in [2.24, 2.45) is 5.92 Å². The highest BCUT2D eigenvalue weighted by atomic mass is 16.6.